The van der Waals surface area contributed by atoms with Crippen LogP contribution in [0, 0.1) is 5.82 Å². The normalized spacial score (nSPS) is 14.7. The van der Waals surface area contributed by atoms with E-state index < -0.39 is 11.8 Å². The van der Waals surface area contributed by atoms with Crippen molar-refractivity contribution in [2.75, 3.05) is 18.7 Å². The summed E-state index contributed by atoms with van der Waals surface area (Å²) in [6.07, 6.45) is 0. The number of halogens is 1. The topological polar surface area (TPSA) is 65.0 Å². The summed E-state index contributed by atoms with van der Waals surface area (Å²) in [5.74, 6) is -1.59. The molecule has 0 unspecified atom stereocenters. The van der Waals surface area contributed by atoms with Gasteiger partial charge in [-0.3, -0.25) is 10.4 Å². The van der Waals surface area contributed by atoms with Crippen LogP contribution in [0.25, 0.3) is 0 Å². The number of rotatable bonds is 6. The summed E-state index contributed by atoms with van der Waals surface area (Å²) in [7, 11) is 1.61. The zero-order valence-corrected chi connectivity index (χ0v) is 13.6. The highest BCUT2D eigenvalue weighted by Gasteiger charge is 2.33. The molecule has 2 aromatic carbocycles. The molecule has 6 nitrogen and oxygen atoms in total. The number of carbonyl (C=O) groups is 1. The Balaban J connectivity index is 1.84. The molecule has 0 saturated heterocycles. The Labute approximate surface area is 144 Å². The molecule has 2 N–H and O–H groups in total. The first kappa shape index (κ1) is 16.9. The lowest BCUT2D eigenvalue weighted by atomic mass is 10.2. The smallest absolute Gasteiger partial charge is 0.355 e. The van der Waals surface area contributed by atoms with Crippen molar-refractivity contribution in [3.05, 3.63) is 77.4 Å². The Bertz CT molecular complexity index is 795. The van der Waals surface area contributed by atoms with Gasteiger partial charge in [-0.2, -0.15) is 0 Å². The van der Waals surface area contributed by atoms with Gasteiger partial charge in [-0.1, -0.05) is 42.5 Å². The molecule has 1 aliphatic rings. The summed E-state index contributed by atoms with van der Waals surface area (Å²) < 4.78 is 19.9. The van der Waals surface area contributed by atoms with Crippen LogP contribution in [-0.4, -0.2) is 29.8 Å². The highest BCUT2D eigenvalue weighted by Crippen LogP contribution is 2.29. The number of hydrazine groups is 2. The van der Waals surface area contributed by atoms with Crippen molar-refractivity contribution in [2.24, 2.45) is 0 Å². The van der Waals surface area contributed by atoms with Gasteiger partial charge in [0.1, 0.15) is 5.82 Å². The molecule has 0 atom stereocenters. The predicted molar refractivity (Wildman–Crippen MR) is 90.5 cm³/mol. The highest BCUT2D eigenvalue weighted by molar-refractivity contribution is 5.88. The number of hydrogen-bond acceptors (Lipinski definition) is 5. The molecule has 2 aromatic rings. The summed E-state index contributed by atoms with van der Waals surface area (Å²) in [5.41, 5.74) is 4.22. The zero-order valence-electron chi connectivity index (χ0n) is 13.6. The summed E-state index contributed by atoms with van der Waals surface area (Å²) >= 11 is 0. The number of nitrogens with one attached hydrogen (secondary N) is 1. The van der Waals surface area contributed by atoms with Crippen LogP contribution in [0.3, 0.4) is 0 Å². The van der Waals surface area contributed by atoms with E-state index in [0.717, 1.165) is 5.56 Å². The molecular weight excluding hydrogens is 325 g/mol. The third-order valence-electron chi connectivity index (χ3n) is 3.76. The molecule has 0 aliphatic carbocycles. The Morgan fingerprint density at radius 3 is 2.48 bits per heavy atom. The highest BCUT2D eigenvalue weighted by atomic mass is 19.1. The van der Waals surface area contributed by atoms with Crippen molar-refractivity contribution in [1.82, 2.24) is 10.5 Å². The molecule has 0 saturated carbocycles. The minimum Gasteiger partial charge on any atom is -0.476 e. The summed E-state index contributed by atoms with van der Waals surface area (Å²) in [6.45, 7) is 0.342. The molecule has 0 radical (unpaired) electrons. The minimum atomic E-state index is -1.14. The second-order valence-electron chi connectivity index (χ2n) is 5.50. The maximum absolute atomic E-state index is 14.2. The third-order valence-corrected chi connectivity index (χ3v) is 3.76. The molecule has 0 aromatic heterocycles. The van der Waals surface area contributed by atoms with E-state index in [4.69, 9.17) is 4.74 Å². The first-order chi connectivity index (χ1) is 12.1. The number of anilines is 1. The predicted octanol–water partition coefficient (Wildman–Crippen LogP) is 2.51. The number of benzene rings is 2. The molecule has 7 heteroatoms. The number of para-hydroxylation sites is 1. The van der Waals surface area contributed by atoms with Gasteiger partial charge in [-0.05, 0) is 17.7 Å². The Kier molecular flexibility index (Phi) is 4.97. The zero-order chi connectivity index (χ0) is 17.8. The number of carboxylic acid groups (broad SMARTS) is 1. The average Bonchev–Trinajstić information content (AvgIpc) is 2.93. The van der Waals surface area contributed by atoms with E-state index in [9.17, 15) is 14.3 Å². The summed E-state index contributed by atoms with van der Waals surface area (Å²) in [5, 5.41) is 12.3. The average molecular weight is 343 g/mol. The van der Waals surface area contributed by atoms with E-state index in [-0.39, 0.29) is 18.0 Å². The molecule has 0 spiro atoms. The first-order valence-electron chi connectivity index (χ1n) is 7.71. The number of hydrogen-bond donors (Lipinski definition) is 2. The van der Waals surface area contributed by atoms with Crippen LogP contribution < -0.4 is 10.4 Å². The van der Waals surface area contributed by atoms with Gasteiger partial charge < -0.3 is 9.84 Å². The van der Waals surface area contributed by atoms with Gasteiger partial charge in [-0.25, -0.2) is 9.18 Å². The van der Waals surface area contributed by atoms with Gasteiger partial charge in [0, 0.05) is 7.05 Å². The molecule has 1 aliphatic heterocycles. The lowest BCUT2D eigenvalue weighted by molar-refractivity contribution is -0.133. The largest absolute Gasteiger partial charge is 0.476 e. The van der Waals surface area contributed by atoms with E-state index in [0.29, 0.717) is 12.3 Å². The van der Waals surface area contributed by atoms with Gasteiger partial charge >= 0.3 is 5.97 Å². The Morgan fingerprint density at radius 2 is 1.80 bits per heavy atom. The van der Waals surface area contributed by atoms with Crippen LogP contribution in [0.2, 0.25) is 0 Å². The van der Waals surface area contributed by atoms with Crippen LogP contribution in [0.1, 0.15) is 5.56 Å². The maximum atomic E-state index is 14.2. The monoisotopic (exact) mass is 343 g/mol. The molecule has 130 valence electrons. The molecule has 0 bridgehead atoms. The number of carboxylic acids is 1. The van der Waals surface area contributed by atoms with Crippen molar-refractivity contribution in [3.8, 4) is 0 Å². The van der Waals surface area contributed by atoms with Gasteiger partial charge in [0.25, 0.3) is 0 Å². The summed E-state index contributed by atoms with van der Waals surface area (Å²) in [4.78, 5) is 11.5. The second kappa shape index (κ2) is 7.33. The Hall–Kier alpha value is -2.90. The minimum absolute atomic E-state index is 0.0161. The van der Waals surface area contributed by atoms with E-state index >= 15 is 0 Å². The molecule has 3 rings (SSSR count). The van der Waals surface area contributed by atoms with E-state index in [2.05, 4.69) is 5.43 Å². The maximum Gasteiger partial charge on any atom is 0.355 e. The van der Waals surface area contributed by atoms with Crippen molar-refractivity contribution >= 4 is 11.7 Å². The van der Waals surface area contributed by atoms with Gasteiger partial charge in [0.15, 0.2) is 5.70 Å². The van der Waals surface area contributed by atoms with Crippen LogP contribution in [0.15, 0.2) is 66.0 Å². The Morgan fingerprint density at radius 1 is 1.12 bits per heavy atom. The SMILES string of the molecule is CN1NC(C(=O)O)=C(COCc2ccccc2)N1c1ccccc1F. The van der Waals surface area contributed by atoms with E-state index in [1.54, 1.807) is 25.2 Å². The fraction of sp³-hybridized carbons (Fsp3) is 0.167. The number of ether oxygens (including phenoxy) is 1. The lowest BCUT2D eigenvalue weighted by Gasteiger charge is -2.28. The molecule has 0 fully saturated rings. The van der Waals surface area contributed by atoms with Crippen LogP contribution in [0.4, 0.5) is 10.1 Å². The van der Waals surface area contributed by atoms with Crippen LogP contribution in [0.5, 0.6) is 0 Å². The first-order valence-corrected chi connectivity index (χ1v) is 7.71. The second-order valence-corrected chi connectivity index (χ2v) is 5.50. The van der Waals surface area contributed by atoms with Crippen molar-refractivity contribution in [1.29, 1.82) is 0 Å². The van der Waals surface area contributed by atoms with Gasteiger partial charge in [0.05, 0.1) is 24.6 Å². The fourth-order valence-corrected chi connectivity index (χ4v) is 2.64. The number of aliphatic carboxylic acids is 1. The number of nitrogens with zero attached hydrogens (tertiary/aromatic N) is 2. The van der Waals surface area contributed by atoms with Crippen molar-refractivity contribution in [2.45, 2.75) is 6.61 Å². The molecule has 0 amide bonds. The third kappa shape index (κ3) is 3.62. The quantitative estimate of drug-likeness (QED) is 0.840. The summed E-state index contributed by atoms with van der Waals surface area (Å²) in [6, 6.07) is 15.7. The van der Waals surface area contributed by atoms with Gasteiger partial charge in [-0.15, -0.1) is 5.12 Å². The molecule has 1 heterocycles. The van der Waals surface area contributed by atoms with Crippen molar-refractivity contribution < 1.29 is 19.0 Å². The van der Waals surface area contributed by atoms with E-state index in [1.807, 2.05) is 30.3 Å². The lowest BCUT2D eigenvalue weighted by Crippen LogP contribution is -2.41. The van der Waals surface area contributed by atoms with Gasteiger partial charge in [0.2, 0.25) is 0 Å². The van der Waals surface area contributed by atoms with Crippen molar-refractivity contribution in [3.63, 3.8) is 0 Å². The molecule has 25 heavy (non-hydrogen) atoms. The van der Waals surface area contributed by atoms with Crippen LogP contribution >= 0.6 is 0 Å². The standard InChI is InChI=1S/C18H18FN3O3/c1-21-20-17(18(23)24)16(12-25-11-13-7-3-2-4-8-13)22(21)15-10-6-5-9-14(15)19/h2-10,20H,11-12H2,1H3,(H,23,24). The van der Waals surface area contributed by atoms with Crippen LogP contribution in [-0.2, 0) is 16.1 Å². The van der Waals surface area contributed by atoms with E-state index in [1.165, 1.54) is 16.2 Å². The fourth-order valence-electron chi connectivity index (χ4n) is 2.64. The molecular formula is C18H18FN3O3.